The van der Waals surface area contributed by atoms with E-state index in [1.165, 1.54) is 0 Å². The number of anilines is 1. The predicted octanol–water partition coefficient (Wildman–Crippen LogP) is 0.958. The lowest BCUT2D eigenvalue weighted by Gasteiger charge is -2.33. The summed E-state index contributed by atoms with van der Waals surface area (Å²) >= 11 is 0. The van der Waals surface area contributed by atoms with Crippen LogP contribution in [0.5, 0.6) is 0 Å². The van der Waals surface area contributed by atoms with E-state index in [1.54, 1.807) is 35.2 Å². The van der Waals surface area contributed by atoms with Crippen LogP contribution < -0.4 is 5.32 Å². The van der Waals surface area contributed by atoms with Crippen LogP contribution >= 0.6 is 0 Å². The summed E-state index contributed by atoms with van der Waals surface area (Å²) in [4.78, 5) is 11.3. The van der Waals surface area contributed by atoms with Gasteiger partial charge in [-0.05, 0) is 39.2 Å². The second-order valence-electron chi connectivity index (χ2n) is 10.1. The second kappa shape index (κ2) is 10.9. The Balaban J connectivity index is 1.32. The van der Waals surface area contributed by atoms with Crippen molar-refractivity contribution < 1.29 is 18.3 Å². The number of sulfonamides is 1. The molecule has 0 spiro atoms. The maximum absolute atomic E-state index is 12.8. The minimum absolute atomic E-state index is 0.106. The smallest absolute Gasteiger partial charge is 0.223 e. The summed E-state index contributed by atoms with van der Waals surface area (Å²) < 4.78 is 34.3. The molecule has 2 fully saturated rings. The summed E-state index contributed by atoms with van der Waals surface area (Å²) in [6.07, 6.45) is 6.80. The van der Waals surface area contributed by atoms with Gasteiger partial charge in [-0.3, -0.25) is 9.58 Å². The summed E-state index contributed by atoms with van der Waals surface area (Å²) in [6, 6.07) is 0.106. The van der Waals surface area contributed by atoms with E-state index in [9.17, 15) is 13.5 Å². The number of nitrogens with zero attached hydrogens (tertiary/aromatic N) is 6. The van der Waals surface area contributed by atoms with Gasteiger partial charge in [-0.2, -0.15) is 5.10 Å². The highest BCUT2D eigenvalue weighted by atomic mass is 32.2. The summed E-state index contributed by atoms with van der Waals surface area (Å²) in [5, 5.41) is 17.8. The van der Waals surface area contributed by atoms with Crippen LogP contribution in [0.1, 0.15) is 32.3 Å². The lowest BCUT2D eigenvalue weighted by atomic mass is 10.1. The third kappa shape index (κ3) is 7.20. The molecule has 2 N–H and O–H groups in total. The normalized spacial score (nSPS) is 19.2. The molecule has 0 aromatic carbocycles. The molecule has 0 bridgehead atoms. The first-order chi connectivity index (χ1) is 16.6. The van der Waals surface area contributed by atoms with Crippen molar-refractivity contribution in [2.24, 2.45) is 0 Å². The van der Waals surface area contributed by atoms with Crippen molar-refractivity contribution in [2.75, 3.05) is 57.0 Å². The molecule has 35 heavy (non-hydrogen) atoms. The monoisotopic (exact) mass is 507 g/mol. The number of aryl methyl sites for hydroxylation is 1. The summed E-state index contributed by atoms with van der Waals surface area (Å²) in [6.45, 7) is 10.3. The van der Waals surface area contributed by atoms with Crippen molar-refractivity contribution in [3.05, 3.63) is 24.2 Å². The summed E-state index contributed by atoms with van der Waals surface area (Å²) in [5.41, 5.74) is 1.72. The Morgan fingerprint density at radius 1 is 1.17 bits per heavy atom. The molecule has 2 aromatic rings. The molecule has 0 aliphatic carbocycles. The lowest BCUT2D eigenvalue weighted by Crippen LogP contribution is -2.46. The zero-order chi connectivity index (χ0) is 25.1. The third-order valence-electron chi connectivity index (χ3n) is 6.38. The number of hydrogen-bond acceptors (Lipinski definition) is 9. The SMILES string of the molecule is Cc1cnc(NC2CCN(S(=O)(=O)CCN3CCOCC3)CC2)nc1-c1cnn(CC(C)(C)O)c1. The van der Waals surface area contributed by atoms with Gasteiger partial charge in [0.2, 0.25) is 16.0 Å². The van der Waals surface area contributed by atoms with Crippen LogP contribution in [-0.4, -0.2) is 106 Å². The van der Waals surface area contributed by atoms with Gasteiger partial charge >= 0.3 is 0 Å². The molecule has 2 aliphatic rings. The molecule has 4 rings (SSSR count). The van der Waals surface area contributed by atoms with Crippen LogP contribution in [0, 0.1) is 6.92 Å². The molecule has 0 saturated carbocycles. The molecule has 0 atom stereocenters. The minimum atomic E-state index is -3.27. The standard InChI is InChI=1S/C23H37N7O4S/c1-18-14-24-22(27-21(18)19-15-25-29(16-19)17-23(2,3)31)26-20-4-6-30(7-5-20)35(32,33)13-10-28-8-11-34-12-9-28/h14-16,20,31H,4-13,17H2,1-3H3,(H,24,26,27). The fraction of sp³-hybridized carbons (Fsp3) is 0.696. The van der Waals surface area contributed by atoms with Crippen molar-refractivity contribution in [1.29, 1.82) is 0 Å². The minimum Gasteiger partial charge on any atom is -0.389 e. The Hall–Kier alpha value is -2.12. The van der Waals surface area contributed by atoms with Gasteiger partial charge in [0.1, 0.15) is 0 Å². The Kier molecular flexibility index (Phi) is 8.06. The maximum Gasteiger partial charge on any atom is 0.223 e. The van der Waals surface area contributed by atoms with Crippen LogP contribution in [-0.2, 0) is 21.3 Å². The number of nitrogens with one attached hydrogen (secondary N) is 1. The second-order valence-corrected chi connectivity index (χ2v) is 12.1. The molecular weight excluding hydrogens is 470 g/mol. The predicted molar refractivity (Wildman–Crippen MR) is 134 cm³/mol. The van der Waals surface area contributed by atoms with Gasteiger partial charge in [-0.15, -0.1) is 0 Å². The summed E-state index contributed by atoms with van der Waals surface area (Å²) in [7, 11) is -3.27. The van der Waals surface area contributed by atoms with E-state index in [0.717, 1.165) is 29.9 Å². The van der Waals surface area contributed by atoms with Gasteiger partial charge < -0.3 is 15.2 Å². The van der Waals surface area contributed by atoms with E-state index in [4.69, 9.17) is 9.72 Å². The molecule has 0 unspecified atom stereocenters. The Labute approximate surface area is 207 Å². The van der Waals surface area contributed by atoms with Gasteiger partial charge in [0, 0.05) is 56.7 Å². The van der Waals surface area contributed by atoms with E-state index < -0.39 is 15.6 Å². The van der Waals surface area contributed by atoms with E-state index >= 15 is 0 Å². The van der Waals surface area contributed by atoms with Crippen molar-refractivity contribution in [3.63, 3.8) is 0 Å². The Morgan fingerprint density at radius 2 is 1.89 bits per heavy atom. The first-order valence-electron chi connectivity index (χ1n) is 12.2. The third-order valence-corrected chi connectivity index (χ3v) is 8.23. The van der Waals surface area contributed by atoms with E-state index in [-0.39, 0.29) is 11.8 Å². The van der Waals surface area contributed by atoms with E-state index in [1.807, 2.05) is 13.1 Å². The first-order valence-corrected chi connectivity index (χ1v) is 13.8. The number of aliphatic hydroxyl groups is 1. The molecule has 2 aromatic heterocycles. The molecule has 2 aliphatic heterocycles. The molecule has 2 saturated heterocycles. The molecule has 12 heteroatoms. The molecule has 4 heterocycles. The Morgan fingerprint density at radius 3 is 2.57 bits per heavy atom. The largest absolute Gasteiger partial charge is 0.389 e. The summed E-state index contributed by atoms with van der Waals surface area (Å²) in [5.74, 6) is 0.672. The van der Waals surface area contributed by atoms with Crippen LogP contribution in [0.2, 0.25) is 0 Å². The highest BCUT2D eigenvalue weighted by Crippen LogP contribution is 2.23. The zero-order valence-corrected chi connectivity index (χ0v) is 21.7. The van der Waals surface area contributed by atoms with E-state index in [0.29, 0.717) is 58.2 Å². The highest BCUT2D eigenvalue weighted by Gasteiger charge is 2.29. The van der Waals surface area contributed by atoms with Gasteiger partial charge in [0.05, 0.1) is 43.0 Å². The van der Waals surface area contributed by atoms with Crippen molar-refractivity contribution in [1.82, 2.24) is 29.0 Å². The highest BCUT2D eigenvalue weighted by molar-refractivity contribution is 7.89. The number of ether oxygens (including phenoxy) is 1. The van der Waals surface area contributed by atoms with Crippen molar-refractivity contribution in [2.45, 2.75) is 51.8 Å². The Bertz CT molecular complexity index is 1090. The van der Waals surface area contributed by atoms with Gasteiger partial charge in [0.15, 0.2) is 0 Å². The molecule has 0 radical (unpaired) electrons. The van der Waals surface area contributed by atoms with E-state index in [2.05, 4.69) is 20.3 Å². The van der Waals surface area contributed by atoms with Crippen LogP contribution in [0.3, 0.4) is 0 Å². The van der Waals surface area contributed by atoms with Gasteiger partial charge in [0.25, 0.3) is 0 Å². The molecule has 0 amide bonds. The first kappa shape index (κ1) is 26.0. The van der Waals surface area contributed by atoms with Crippen LogP contribution in [0.4, 0.5) is 5.95 Å². The van der Waals surface area contributed by atoms with Crippen molar-refractivity contribution in [3.8, 4) is 11.3 Å². The average Bonchev–Trinajstić information content (AvgIpc) is 3.26. The number of morpholine rings is 1. The number of piperidine rings is 1. The number of hydrogen-bond donors (Lipinski definition) is 2. The fourth-order valence-electron chi connectivity index (χ4n) is 4.43. The fourth-order valence-corrected chi connectivity index (χ4v) is 5.95. The number of rotatable bonds is 9. The quantitative estimate of drug-likeness (QED) is 0.510. The zero-order valence-electron chi connectivity index (χ0n) is 20.9. The van der Waals surface area contributed by atoms with Gasteiger partial charge in [-0.1, -0.05) is 0 Å². The molecule has 194 valence electrons. The molecule has 11 nitrogen and oxygen atoms in total. The van der Waals surface area contributed by atoms with Gasteiger partial charge in [-0.25, -0.2) is 22.7 Å². The average molecular weight is 508 g/mol. The topological polar surface area (TPSA) is 126 Å². The van der Waals surface area contributed by atoms with Crippen molar-refractivity contribution >= 4 is 16.0 Å². The number of aromatic nitrogens is 4. The van der Waals surface area contributed by atoms with Crippen LogP contribution in [0.25, 0.3) is 11.3 Å². The lowest BCUT2D eigenvalue weighted by molar-refractivity contribution is 0.0406. The molecular formula is C23H37N7O4S. The van der Waals surface area contributed by atoms with Crippen LogP contribution in [0.15, 0.2) is 18.6 Å². The maximum atomic E-state index is 12.8.